The van der Waals surface area contributed by atoms with Gasteiger partial charge in [0.25, 0.3) is 0 Å². The van der Waals surface area contributed by atoms with Crippen LogP contribution in [0.25, 0.3) is 0 Å². The standard InChI is InChI=1S/C13H16ClNO3/c1-8-3-2-4-9(7-8)18-12-11(14)10(13(16)17)5-6-15-12/h5-6,8-9H,2-4,7H2,1H3,(H,16,17). The van der Waals surface area contributed by atoms with Crippen molar-refractivity contribution >= 4 is 17.6 Å². The van der Waals surface area contributed by atoms with Gasteiger partial charge in [0.05, 0.1) is 5.56 Å². The van der Waals surface area contributed by atoms with Crippen LogP contribution in [0.4, 0.5) is 0 Å². The topological polar surface area (TPSA) is 59.4 Å². The van der Waals surface area contributed by atoms with Crippen molar-refractivity contribution in [3.8, 4) is 5.88 Å². The number of hydrogen-bond acceptors (Lipinski definition) is 3. The predicted octanol–water partition coefficient (Wildman–Crippen LogP) is 3.39. The molecule has 98 valence electrons. The van der Waals surface area contributed by atoms with Gasteiger partial charge in [-0.25, -0.2) is 9.78 Å². The largest absolute Gasteiger partial charge is 0.478 e. The van der Waals surface area contributed by atoms with Gasteiger partial charge in [-0.3, -0.25) is 0 Å². The predicted molar refractivity (Wildman–Crippen MR) is 68.3 cm³/mol. The van der Waals surface area contributed by atoms with Crippen molar-refractivity contribution in [3.63, 3.8) is 0 Å². The van der Waals surface area contributed by atoms with Crippen LogP contribution < -0.4 is 4.74 Å². The summed E-state index contributed by atoms with van der Waals surface area (Å²) in [6.45, 7) is 2.19. The summed E-state index contributed by atoms with van der Waals surface area (Å²) in [4.78, 5) is 15.0. The lowest BCUT2D eigenvalue weighted by atomic mass is 9.89. The van der Waals surface area contributed by atoms with Crippen LogP contribution in [0.5, 0.6) is 5.88 Å². The van der Waals surface area contributed by atoms with Gasteiger partial charge in [0, 0.05) is 6.20 Å². The fourth-order valence-corrected chi connectivity index (χ4v) is 2.55. The van der Waals surface area contributed by atoms with E-state index in [0.717, 1.165) is 19.3 Å². The van der Waals surface area contributed by atoms with Gasteiger partial charge in [-0.05, 0) is 31.2 Å². The van der Waals surface area contributed by atoms with E-state index < -0.39 is 5.97 Å². The Balaban J connectivity index is 2.14. The maximum atomic E-state index is 11.0. The number of hydrogen-bond donors (Lipinski definition) is 1. The number of halogens is 1. The van der Waals surface area contributed by atoms with E-state index in [1.807, 2.05) is 0 Å². The smallest absolute Gasteiger partial charge is 0.337 e. The van der Waals surface area contributed by atoms with E-state index in [4.69, 9.17) is 21.4 Å². The molecule has 5 heteroatoms. The van der Waals surface area contributed by atoms with Crippen LogP contribution in [0, 0.1) is 5.92 Å². The summed E-state index contributed by atoms with van der Waals surface area (Å²) >= 11 is 5.99. The number of carbonyl (C=O) groups is 1. The Kier molecular flexibility index (Phi) is 4.07. The lowest BCUT2D eigenvalue weighted by Gasteiger charge is -2.27. The summed E-state index contributed by atoms with van der Waals surface area (Å²) in [6.07, 6.45) is 5.78. The third kappa shape index (κ3) is 2.93. The third-order valence-electron chi connectivity index (χ3n) is 3.25. The Hall–Kier alpha value is -1.29. The molecule has 2 rings (SSSR count). The van der Waals surface area contributed by atoms with E-state index in [9.17, 15) is 4.79 Å². The molecule has 0 spiro atoms. The normalized spacial score (nSPS) is 23.7. The first-order valence-corrected chi connectivity index (χ1v) is 6.50. The Morgan fingerprint density at radius 2 is 2.33 bits per heavy atom. The fourth-order valence-electron chi connectivity index (χ4n) is 2.32. The second-order valence-corrected chi connectivity index (χ2v) is 5.17. The van der Waals surface area contributed by atoms with E-state index in [0.29, 0.717) is 5.92 Å². The first kappa shape index (κ1) is 13.1. The first-order valence-electron chi connectivity index (χ1n) is 6.12. The van der Waals surface area contributed by atoms with E-state index in [-0.39, 0.29) is 22.6 Å². The van der Waals surface area contributed by atoms with Gasteiger partial charge in [-0.2, -0.15) is 0 Å². The lowest BCUT2D eigenvalue weighted by molar-refractivity contribution is 0.0695. The highest BCUT2D eigenvalue weighted by molar-refractivity contribution is 6.34. The Labute approximate surface area is 111 Å². The molecule has 0 aromatic carbocycles. The molecule has 2 unspecified atom stereocenters. The molecule has 1 saturated carbocycles. The highest BCUT2D eigenvalue weighted by Crippen LogP contribution is 2.31. The molecule has 1 aromatic rings. The molecule has 0 radical (unpaired) electrons. The number of nitrogens with zero attached hydrogens (tertiary/aromatic N) is 1. The SMILES string of the molecule is CC1CCCC(Oc2nccc(C(=O)O)c2Cl)C1. The molecule has 1 fully saturated rings. The van der Waals surface area contributed by atoms with Crippen molar-refractivity contribution in [2.75, 3.05) is 0 Å². The molecule has 4 nitrogen and oxygen atoms in total. The summed E-state index contributed by atoms with van der Waals surface area (Å²) in [5, 5.41) is 9.06. The van der Waals surface area contributed by atoms with Crippen molar-refractivity contribution in [1.29, 1.82) is 0 Å². The molecule has 0 bridgehead atoms. The summed E-state index contributed by atoms with van der Waals surface area (Å²) in [7, 11) is 0. The lowest BCUT2D eigenvalue weighted by Crippen LogP contribution is -2.24. The molecule has 1 N–H and O–H groups in total. The number of aromatic nitrogens is 1. The molecule has 1 heterocycles. The van der Waals surface area contributed by atoms with Gasteiger partial charge >= 0.3 is 5.97 Å². The zero-order valence-corrected chi connectivity index (χ0v) is 11.0. The molecule has 1 aliphatic carbocycles. The first-order chi connectivity index (χ1) is 8.58. The van der Waals surface area contributed by atoms with Crippen molar-refractivity contribution < 1.29 is 14.6 Å². The Bertz CT molecular complexity index is 450. The van der Waals surface area contributed by atoms with Crippen molar-refractivity contribution in [3.05, 3.63) is 22.8 Å². The van der Waals surface area contributed by atoms with E-state index in [1.165, 1.54) is 18.7 Å². The molecule has 0 saturated heterocycles. The summed E-state index contributed by atoms with van der Waals surface area (Å²) in [6, 6.07) is 1.38. The second kappa shape index (κ2) is 5.57. The van der Waals surface area contributed by atoms with E-state index in [1.54, 1.807) is 0 Å². The molecule has 1 aromatic heterocycles. The molecular weight excluding hydrogens is 254 g/mol. The molecule has 0 aliphatic heterocycles. The summed E-state index contributed by atoms with van der Waals surface area (Å²) < 4.78 is 5.74. The maximum Gasteiger partial charge on any atom is 0.337 e. The second-order valence-electron chi connectivity index (χ2n) is 4.79. The van der Waals surface area contributed by atoms with Gasteiger partial charge in [-0.1, -0.05) is 24.9 Å². The van der Waals surface area contributed by atoms with Gasteiger partial charge in [0.15, 0.2) is 0 Å². The van der Waals surface area contributed by atoms with Crippen LogP contribution >= 0.6 is 11.6 Å². The maximum absolute atomic E-state index is 11.0. The van der Waals surface area contributed by atoms with Crippen LogP contribution in [0.3, 0.4) is 0 Å². The Morgan fingerprint density at radius 3 is 3.00 bits per heavy atom. The molecule has 0 amide bonds. The molecule has 2 atom stereocenters. The minimum atomic E-state index is -1.07. The molecular formula is C13H16ClNO3. The highest BCUT2D eigenvalue weighted by Gasteiger charge is 2.23. The number of rotatable bonds is 3. The average molecular weight is 270 g/mol. The minimum absolute atomic E-state index is 0.0329. The monoisotopic (exact) mass is 269 g/mol. The van der Waals surface area contributed by atoms with Gasteiger partial charge in [-0.15, -0.1) is 0 Å². The Morgan fingerprint density at radius 1 is 1.56 bits per heavy atom. The number of pyridine rings is 1. The van der Waals surface area contributed by atoms with Crippen LogP contribution in [-0.2, 0) is 0 Å². The number of aromatic carboxylic acids is 1. The number of carboxylic acid groups (broad SMARTS) is 1. The minimum Gasteiger partial charge on any atom is -0.478 e. The van der Waals surface area contributed by atoms with Crippen molar-refractivity contribution in [2.45, 2.75) is 38.7 Å². The van der Waals surface area contributed by atoms with Gasteiger partial charge in [0.2, 0.25) is 5.88 Å². The quantitative estimate of drug-likeness (QED) is 0.914. The van der Waals surface area contributed by atoms with E-state index >= 15 is 0 Å². The van der Waals surface area contributed by atoms with Crippen molar-refractivity contribution in [2.24, 2.45) is 5.92 Å². The average Bonchev–Trinajstić information content (AvgIpc) is 2.31. The highest BCUT2D eigenvalue weighted by atomic mass is 35.5. The van der Waals surface area contributed by atoms with Crippen molar-refractivity contribution in [1.82, 2.24) is 4.98 Å². The van der Waals surface area contributed by atoms with Crippen LogP contribution in [-0.4, -0.2) is 22.2 Å². The third-order valence-corrected chi connectivity index (χ3v) is 3.62. The molecule has 18 heavy (non-hydrogen) atoms. The fraction of sp³-hybridized carbons (Fsp3) is 0.538. The zero-order valence-electron chi connectivity index (χ0n) is 10.2. The van der Waals surface area contributed by atoms with E-state index in [2.05, 4.69) is 11.9 Å². The molecule has 1 aliphatic rings. The number of ether oxygens (including phenoxy) is 1. The number of carboxylic acids is 1. The van der Waals surface area contributed by atoms with Gasteiger partial charge in [0.1, 0.15) is 11.1 Å². The summed E-state index contributed by atoms with van der Waals surface area (Å²) in [5.41, 5.74) is 0.0329. The van der Waals surface area contributed by atoms with Crippen LogP contribution in [0.2, 0.25) is 5.02 Å². The van der Waals surface area contributed by atoms with Gasteiger partial charge < -0.3 is 9.84 Å². The van der Waals surface area contributed by atoms with Crippen LogP contribution in [0.15, 0.2) is 12.3 Å². The van der Waals surface area contributed by atoms with Crippen LogP contribution in [0.1, 0.15) is 43.0 Å². The summed E-state index contributed by atoms with van der Waals surface area (Å²) in [5.74, 6) is -0.204. The zero-order chi connectivity index (χ0) is 13.1.